The summed E-state index contributed by atoms with van der Waals surface area (Å²) in [6.45, 7) is 4.14. The van der Waals surface area contributed by atoms with Crippen LogP contribution in [0.4, 0.5) is 5.69 Å². The second-order valence-corrected chi connectivity index (χ2v) is 4.52. The summed E-state index contributed by atoms with van der Waals surface area (Å²) in [6.07, 6.45) is 0. The molecule has 1 rings (SSSR count). The van der Waals surface area contributed by atoms with E-state index in [0.29, 0.717) is 12.3 Å². The van der Waals surface area contributed by atoms with Gasteiger partial charge in [0, 0.05) is 5.69 Å². The van der Waals surface area contributed by atoms with Crippen LogP contribution in [0.25, 0.3) is 0 Å². The first-order chi connectivity index (χ1) is 10.0. The van der Waals surface area contributed by atoms with Crippen molar-refractivity contribution in [3.05, 3.63) is 24.3 Å². The largest absolute Gasteiger partial charge is 0.494 e. The molecule has 2 atom stereocenters. The molecule has 6 nitrogen and oxygen atoms in total. The number of nitrogens with one attached hydrogen (secondary N) is 2. The fourth-order valence-electron chi connectivity index (χ4n) is 1.95. The van der Waals surface area contributed by atoms with Crippen molar-refractivity contribution in [1.82, 2.24) is 5.32 Å². The van der Waals surface area contributed by atoms with Gasteiger partial charge in [-0.05, 0) is 45.2 Å². The number of methoxy groups -OCH3 is 1. The molecule has 0 aliphatic carbocycles. The van der Waals surface area contributed by atoms with E-state index >= 15 is 0 Å². The number of ether oxygens (including phenoxy) is 2. The number of carbonyl (C=O) groups excluding carboxylic acids is 2. The van der Waals surface area contributed by atoms with Crippen molar-refractivity contribution in [3.63, 3.8) is 0 Å². The summed E-state index contributed by atoms with van der Waals surface area (Å²) < 4.78 is 9.99. The SMILES string of the molecule is CCOc1ccc(NC(=O)[C@@H](NC)C(C)C(=O)OC)cc1. The molecule has 116 valence electrons. The van der Waals surface area contributed by atoms with E-state index in [-0.39, 0.29) is 5.91 Å². The van der Waals surface area contributed by atoms with Crippen LogP contribution in [0.5, 0.6) is 5.75 Å². The molecule has 1 unspecified atom stereocenters. The van der Waals surface area contributed by atoms with E-state index < -0.39 is 17.9 Å². The minimum atomic E-state index is -0.663. The fraction of sp³-hybridized carbons (Fsp3) is 0.467. The van der Waals surface area contributed by atoms with Crippen LogP contribution in [0, 0.1) is 5.92 Å². The minimum Gasteiger partial charge on any atom is -0.494 e. The van der Waals surface area contributed by atoms with Crippen molar-refractivity contribution >= 4 is 17.6 Å². The Labute approximate surface area is 124 Å². The van der Waals surface area contributed by atoms with E-state index in [1.807, 2.05) is 6.92 Å². The van der Waals surface area contributed by atoms with Gasteiger partial charge < -0.3 is 20.1 Å². The van der Waals surface area contributed by atoms with Gasteiger partial charge in [-0.2, -0.15) is 0 Å². The van der Waals surface area contributed by atoms with Crippen molar-refractivity contribution in [3.8, 4) is 5.75 Å². The smallest absolute Gasteiger partial charge is 0.310 e. The van der Waals surface area contributed by atoms with Crippen molar-refractivity contribution in [2.24, 2.45) is 5.92 Å². The van der Waals surface area contributed by atoms with Crippen LogP contribution in [0.1, 0.15) is 13.8 Å². The van der Waals surface area contributed by atoms with Crippen LogP contribution >= 0.6 is 0 Å². The maximum Gasteiger partial charge on any atom is 0.310 e. The van der Waals surface area contributed by atoms with Crippen molar-refractivity contribution in [2.75, 3.05) is 26.1 Å². The number of likely N-dealkylation sites (N-methyl/N-ethyl adjacent to an activating group) is 1. The number of esters is 1. The molecule has 0 bridgehead atoms. The van der Waals surface area contributed by atoms with Gasteiger partial charge in [0.05, 0.1) is 25.7 Å². The lowest BCUT2D eigenvalue weighted by atomic mass is 10.0. The van der Waals surface area contributed by atoms with E-state index in [2.05, 4.69) is 15.4 Å². The lowest BCUT2D eigenvalue weighted by molar-refractivity contribution is -0.147. The Hall–Kier alpha value is -2.08. The van der Waals surface area contributed by atoms with Gasteiger partial charge in [-0.25, -0.2) is 0 Å². The maximum atomic E-state index is 12.2. The summed E-state index contributed by atoms with van der Waals surface area (Å²) in [6, 6.07) is 6.38. The van der Waals surface area contributed by atoms with Crippen molar-refractivity contribution in [2.45, 2.75) is 19.9 Å². The van der Waals surface area contributed by atoms with Gasteiger partial charge >= 0.3 is 5.97 Å². The lowest BCUT2D eigenvalue weighted by Gasteiger charge is -2.20. The average Bonchev–Trinajstić information content (AvgIpc) is 2.49. The molecule has 0 radical (unpaired) electrons. The number of anilines is 1. The molecule has 0 saturated heterocycles. The van der Waals surface area contributed by atoms with Crippen LogP contribution in [-0.2, 0) is 14.3 Å². The molecular weight excluding hydrogens is 272 g/mol. The summed E-state index contributed by atoms with van der Waals surface area (Å²) in [5.74, 6) is -0.568. The van der Waals surface area contributed by atoms with Crippen molar-refractivity contribution < 1.29 is 19.1 Å². The Bertz CT molecular complexity index is 473. The number of amides is 1. The monoisotopic (exact) mass is 294 g/mol. The summed E-state index contributed by atoms with van der Waals surface area (Å²) in [5, 5.41) is 5.59. The van der Waals surface area contributed by atoms with Crippen LogP contribution < -0.4 is 15.4 Å². The molecule has 21 heavy (non-hydrogen) atoms. The van der Waals surface area contributed by atoms with E-state index in [4.69, 9.17) is 4.74 Å². The highest BCUT2D eigenvalue weighted by Gasteiger charge is 2.29. The topological polar surface area (TPSA) is 76.7 Å². The number of hydrogen-bond acceptors (Lipinski definition) is 5. The zero-order chi connectivity index (χ0) is 15.8. The van der Waals surface area contributed by atoms with Crippen LogP contribution in [0.3, 0.4) is 0 Å². The number of rotatable bonds is 7. The highest BCUT2D eigenvalue weighted by Crippen LogP contribution is 2.16. The summed E-state index contributed by atoms with van der Waals surface area (Å²) in [5.41, 5.74) is 0.640. The van der Waals surface area contributed by atoms with Gasteiger partial charge in [-0.1, -0.05) is 0 Å². The first-order valence-corrected chi connectivity index (χ1v) is 6.82. The third-order valence-corrected chi connectivity index (χ3v) is 3.10. The number of benzene rings is 1. The Morgan fingerprint density at radius 3 is 2.33 bits per heavy atom. The first-order valence-electron chi connectivity index (χ1n) is 6.82. The minimum absolute atomic E-state index is 0.292. The van der Waals surface area contributed by atoms with Crippen molar-refractivity contribution in [1.29, 1.82) is 0 Å². The molecule has 0 fully saturated rings. The summed E-state index contributed by atoms with van der Waals surface area (Å²) >= 11 is 0. The second kappa shape index (κ2) is 8.26. The van der Waals surface area contributed by atoms with E-state index in [0.717, 1.165) is 5.75 Å². The summed E-state index contributed by atoms with van der Waals surface area (Å²) in [7, 11) is 2.93. The Balaban J connectivity index is 2.71. The Morgan fingerprint density at radius 2 is 1.86 bits per heavy atom. The molecule has 1 aromatic rings. The third kappa shape index (κ3) is 4.75. The first kappa shape index (κ1) is 17.0. The Kier molecular flexibility index (Phi) is 6.68. The lowest BCUT2D eigenvalue weighted by Crippen LogP contribution is -2.46. The van der Waals surface area contributed by atoms with E-state index in [9.17, 15) is 9.59 Å². The standard InChI is InChI=1S/C15H22N2O4/c1-5-21-12-8-6-11(7-9-12)17-14(18)13(16-3)10(2)15(19)20-4/h6-10,13,16H,5H2,1-4H3,(H,17,18)/t10?,13-/m0/s1. The predicted molar refractivity (Wildman–Crippen MR) is 80.3 cm³/mol. The molecule has 0 aromatic heterocycles. The molecule has 0 spiro atoms. The third-order valence-electron chi connectivity index (χ3n) is 3.10. The van der Waals surface area contributed by atoms with Gasteiger partial charge in [0.1, 0.15) is 5.75 Å². The molecule has 0 aliphatic heterocycles. The van der Waals surface area contributed by atoms with E-state index in [1.54, 1.807) is 38.2 Å². The van der Waals surface area contributed by atoms with Gasteiger partial charge in [0.25, 0.3) is 0 Å². The average molecular weight is 294 g/mol. The highest BCUT2D eigenvalue weighted by atomic mass is 16.5. The molecule has 0 saturated carbocycles. The zero-order valence-electron chi connectivity index (χ0n) is 12.8. The fourth-order valence-corrected chi connectivity index (χ4v) is 1.95. The summed E-state index contributed by atoms with van der Waals surface area (Å²) in [4.78, 5) is 23.7. The zero-order valence-corrected chi connectivity index (χ0v) is 12.8. The van der Waals surface area contributed by atoms with Gasteiger partial charge in [-0.3, -0.25) is 9.59 Å². The van der Waals surface area contributed by atoms with Crippen LogP contribution in [0.2, 0.25) is 0 Å². The molecule has 0 heterocycles. The van der Waals surface area contributed by atoms with Gasteiger partial charge in [-0.15, -0.1) is 0 Å². The maximum absolute atomic E-state index is 12.2. The molecule has 2 N–H and O–H groups in total. The van der Waals surface area contributed by atoms with E-state index in [1.165, 1.54) is 7.11 Å². The normalized spacial score (nSPS) is 13.1. The number of hydrogen-bond donors (Lipinski definition) is 2. The molecule has 6 heteroatoms. The molecule has 0 aliphatic rings. The second-order valence-electron chi connectivity index (χ2n) is 4.52. The quantitative estimate of drug-likeness (QED) is 0.744. The number of carbonyl (C=O) groups is 2. The van der Waals surface area contributed by atoms with Gasteiger partial charge in [0.2, 0.25) is 5.91 Å². The van der Waals surface area contributed by atoms with Gasteiger partial charge in [0.15, 0.2) is 0 Å². The van der Waals surface area contributed by atoms with Crippen LogP contribution in [-0.4, -0.2) is 38.7 Å². The highest BCUT2D eigenvalue weighted by molar-refractivity contribution is 5.97. The van der Waals surface area contributed by atoms with Crippen LogP contribution in [0.15, 0.2) is 24.3 Å². The molecule has 1 aromatic carbocycles. The molecule has 1 amide bonds. The predicted octanol–water partition coefficient (Wildman–Crippen LogP) is 1.42. The molecular formula is C15H22N2O4. The Morgan fingerprint density at radius 1 is 1.24 bits per heavy atom.